The molecule has 0 radical (unpaired) electrons. The molecule has 6 bridgehead atoms. The Morgan fingerprint density at radius 1 is 0.246 bits per heavy atom. The normalized spacial score (nSPS) is 11.9. The molecule has 0 atom stereocenters. The van der Waals surface area contributed by atoms with Crippen molar-refractivity contribution in [2.45, 2.75) is 39.2 Å². The number of rotatable bonds is 8. The molecule has 0 amide bonds. The van der Waals surface area contributed by atoms with Gasteiger partial charge in [-0.05, 0) is 0 Å². The molecule has 0 saturated heterocycles. The van der Waals surface area contributed by atoms with Crippen molar-refractivity contribution in [3.63, 3.8) is 0 Å². The summed E-state index contributed by atoms with van der Waals surface area (Å²) in [7, 11) is 0. The molecule has 0 aliphatic rings. The third-order valence-electron chi connectivity index (χ3n) is 12.6. The van der Waals surface area contributed by atoms with E-state index >= 15 is 0 Å². The molecule has 0 aliphatic heterocycles. The number of aromatic amines is 6. The summed E-state index contributed by atoms with van der Waals surface area (Å²) in [4.78, 5) is 33.4. The summed E-state index contributed by atoms with van der Waals surface area (Å²) in [5.41, 5.74) is 7.81. The van der Waals surface area contributed by atoms with Crippen LogP contribution in [0.3, 0.4) is 0 Å². The van der Waals surface area contributed by atoms with Crippen LogP contribution in [0, 0.1) is 0 Å². The topological polar surface area (TPSA) is 104 Å². The number of nitrogens with one attached hydrogen (secondary N) is 6. The van der Waals surface area contributed by atoms with E-state index in [-0.39, 0.29) is 0 Å². The van der Waals surface area contributed by atoms with Crippen molar-refractivity contribution in [2.24, 2.45) is 0 Å². The Hall–Kier alpha value is -6.95. The maximum absolute atomic E-state index is 4.05. The summed E-state index contributed by atoms with van der Waals surface area (Å²) < 4.78 is 4.99. The van der Waals surface area contributed by atoms with Gasteiger partial charge in [0.15, 0.2) is 0 Å². The predicted octanol–water partition coefficient (Wildman–Crippen LogP) is 16.1. The van der Waals surface area contributed by atoms with Crippen molar-refractivity contribution >= 4 is 151 Å². The SMILES string of the molecule is c1ccc(Sc2ccc3c4[nH]c([nH]c5c6ccc(Sc7ccccc7)cc6c6[nH]c7[nH]c([nH]c8c9ccc(Sc%10ccccc%10)cc9c([nH]4)[n]8[Al+][n]56)c4cc(Sc5ccccc5)ccc74)c3c2)cc1. The molecule has 0 saturated carbocycles. The molecule has 14 rings (SSSR count). The Kier molecular flexibility index (Phi) is 10.1. The van der Waals surface area contributed by atoms with Crippen LogP contribution in [-0.4, -0.2) is 51.9 Å². The molecule has 6 aromatic heterocycles. The van der Waals surface area contributed by atoms with Crippen molar-refractivity contribution in [2.75, 3.05) is 0 Å². The molecule has 8 aromatic carbocycles. The quantitative estimate of drug-likeness (QED) is 0.0854. The number of hydrogen-bond acceptors (Lipinski definition) is 4. The fourth-order valence-electron chi connectivity index (χ4n) is 9.49. The Morgan fingerprint density at radius 2 is 0.522 bits per heavy atom. The molecule has 0 aliphatic carbocycles. The van der Waals surface area contributed by atoms with Crippen molar-refractivity contribution in [3.8, 4) is 0 Å². The first-order valence-electron chi connectivity index (χ1n) is 22.6. The summed E-state index contributed by atoms with van der Waals surface area (Å²) in [5, 5.41) is 8.93. The number of aromatic nitrogens is 8. The number of fused-ring (bicyclic) bond motifs is 16. The van der Waals surface area contributed by atoms with Crippen molar-refractivity contribution in [1.82, 2.24) is 36.6 Å². The van der Waals surface area contributed by atoms with Gasteiger partial charge in [-0.15, -0.1) is 0 Å². The minimum atomic E-state index is -0.675. The van der Waals surface area contributed by atoms with Gasteiger partial charge in [-0.3, -0.25) is 0 Å². The number of hydrogen-bond donors (Lipinski definition) is 6. The van der Waals surface area contributed by atoms with Crippen LogP contribution in [0.4, 0.5) is 0 Å². The first-order chi connectivity index (χ1) is 34.1. The van der Waals surface area contributed by atoms with Crippen LogP contribution in [0.15, 0.2) is 233 Å². The molecule has 0 spiro atoms. The number of benzene rings is 8. The molecule has 328 valence electrons. The van der Waals surface area contributed by atoms with Crippen molar-refractivity contribution < 1.29 is 0 Å². The predicted molar refractivity (Wildman–Crippen MR) is 291 cm³/mol. The van der Waals surface area contributed by atoms with Crippen LogP contribution in [0.2, 0.25) is 0 Å². The van der Waals surface area contributed by atoms with Gasteiger partial charge < -0.3 is 0 Å². The summed E-state index contributed by atoms with van der Waals surface area (Å²) in [6, 6.07) is 69.9. The number of nitrogens with zero attached hydrogens (tertiary/aromatic N) is 2. The fraction of sp³-hybridized carbons (Fsp3) is 0. The number of H-pyrrole nitrogens is 6. The maximum atomic E-state index is 4.05. The zero-order valence-corrected chi connectivity index (χ0v) is 41.0. The van der Waals surface area contributed by atoms with Gasteiger partial charge in [0.05, 0.1) is 0 Å². The second-order valence-electron chi connectivity index (χ2n) is 17.0. The zero-order valence-electron chi connectivity index (χ0n) is 36.6. The average molecular weight is 978 g/mol. The van der Waals surface area contributed by atoms with Crippen LogP contribution >= 0.6 is 47.0 Å². The van der Waals surface area contributed by atoms with Crippen LogP contribution in [0.25, 0.3) is 88.3 Å². The van der Waals surface area contributed by atoms with E-state index in [1.165, 1.54) is 39.2 Å². The summed E-state index contributed by atoms with van der Waals surface area (Å²) >= 11 is 6.44. The van der Waals surface area contributed by atoms with Gasteiger partial charge in [-0.2, -0.15) is 0 Å². The fourth-order valence-corrected chi connectivity index (χ4v) is 14.5. The van der Waals surface area contributed by atoms with Gasteiger partial charge in [0.1, 0.15) is 0 Å². The van der Waals surface area contributed by atoms with Gasteiger partial charge in [0, 0.05) is 0 Å². The molecule has 6 heterocycles. The van der Waals surface area contributed by atoms with E-state index in [2.05, 4.69) is 231 Å². The van der Waals surface area contributed by atoms with Gasteiger partial charge in [-0.1, -0.05) is 0 Å². The summed E-state index contributed by atoms with van der Waals surface area (Å²) in [6.45, 7) is 0. The monoisotopic (exact) mass is 977 g/mol. The molecule has 0 fully saturated rings. The van der Waals surface area contributed by atoms with Gasteiger partial charge in [-0.25, -0.2) is 0 Å². The van der Waals surface area contributed by atoms with E-state index in [0.29, 0.717) is 0 Å². The van der Waals surface area contributed by atoms with Gasteiger partial charge in [0.25, 0.3) is 0 Å². The first-order valence-corrected chi connectivity index (χ1v) is 26.9. The Bertz CT molecular complexity index is 4100. The Labute approximate surface area is 417 Å². The molecular formula is C56H38AlN8S4+. The van der Waals surface area contributed by atoms with Crippen LogP contribution in [-0.2, 0) is 0 Å². The molecule has 13 heteroatoms. The van der Waals surface area contributed by atoms with E-state index < -0.39 is 15.2 Å². The molecular weight excluding hydrogens is 940 g/mol. The van der Waals surface area contributed by atoms with E-state index in [9.17, 15) is 0 Å². The van der Waals surface area contributed by atoms with Crippen molar-refractivity contribution in [3.05, 3.63) is 194 Å². The molecule has 6 N–H and O–H groups in total. The van der Waals surface area contributed by atoms with Gasteiger partial charge >= 0.3 is 420 Å². The first kappa shape index (κ1) is 41.1. The standard InChI is InChI=1S/C56H38N8S4.Al/c1-5-13-33(14-6-1)65-37-21-25-41-45(29-37)53-57-49(41)62-54-47-31-39(67-35-17-9-3-10-18-35)23-27-43(47)51(59-54)64-56-48-32-40(68-36-19-11-4-12-20-36)24-28-44(48)52(60-56)63-55-46-30-38(66-34-15-7-2-8-16-34)22-26-42(46)50(58-55)61-53;/h1-32,57,60-64H;/q-2;+3. The average Bonchev–Trinajstić information content (AvgIpc) is 4.07. The third-order valence-corrected chi connectivity index (χ3v) is 18.1. The van der Waals surface area contributed by atoms with Crippen molar-refractivity contribution in [1.29, 1.82) is 0 Å². The van der Waals surface area contributed by atoms with E-state index in [4.69, 9.17) is 0 Å². The molecule has 0 unspecified atom stereocenters. The Morgan fingerprint density at radius 3 is 0.855 bits per heavy atom. The summed E-state index contributed by atoms with van der Waals surface area (Å²) in [5.74, 6) is 0. The Balaban J connectivity index is 1.14. The van der Waals surface area contributed by atoms with Crippen LogP contribution in [0.1, 0.15) is 0 Å². The van der Waals surface area contributed by atoms with E-state index in [1.807, 2.05) is 0 Å². The van der Waals surface area contributed by atoms with E-state index in [1.54, 1.807) is 47.0 Å². The molecule has 69 heavy (non-hydrogen) atoms. The van der Waals surface area contributed by atoms with E-state index in [0.717, 1.165) is 88.3 Å². The second kappa shape index (κ2) is 16.9. The van der Waals surface area contributed by atoms with Crippen LogP contribution in [0.5, 0.6) is 0 Å². The van der Waals surface area contributed by atoms with Crippen LogP contribution < -0.4 is 0 Å². The summed E-state index contributed by atoms with van der Waals surface area (Å²) in [6.07, 6.45) is 0. The second-order valence-corrected chi connectivity index (χ2v) is 22.8. The third kappa shape index (κ3) is 7.45. The molecule has 8 nitrogen and oxygen atoms in total. The molecule has 14 aromatic rings. The minimum absolute atomic E-state index is 0.675. The zero-order chi connectivity index (χ0) is 45.4. The van der Waals surface area contributed by atoms with Gasteiger partial charge in [0.2, 0.25) is 0 Å².